The molecule has 0 atom stereocenters. The van der Waals surface area contributed by atoms with Gasteiger partial charge in [-0.25, -0.2) is 9.97 Å². The molecule has 2 aromatic heterocycles. The van der Waals surface area contributed by atoms with Gasteiger partial charge >= 0.3 is 5.56 Å². The predicted molar refractivity (Wildman–Crippen MR) is 99.4 cm³/mol. The summed E-state index contributed by atoms with van der Waals surface area (Å²) >= 11 is 0. The average Bonchev–Trinajstić information content (AvgIpc) is 2.70. The minimum Gasteiger partial charge on any atom is -0.506 e. The molecule has 0 saturated carbocycles. The smallest absolute Gasteiger partial charge is 0.301 e. The molecule has 3 aromatic rings. The number of pyridine rings is 1. The number of fused-ring (bicyclic) bond motifs is 1. The summed E-state index contributed by atoms with van der Waals surface area (Å²) in [6.07, 6.45) is 4.19. The van der Waals surface area contributed by atoms with Gasteiger partial charge in [0.25, 0.3) is 5.91 Å². The average molecular weight is 368 g/mol. The molecule has 2 N–H and O–H groups in total. The number of aromatic nitrogens is 3. The molecule has 2 heterocycles. The minimum absolute atomic E-state index is 0.114. The van der Waals surface area contributed by atoms with Crippen molar-refractivity contribution >= 4 is 16.9 Å². The quantitative estimate of drug-likeness (QED) is 0.614. The molecule has 0 aliphatic rings. The van der Waals surface area contributed by atoms with Gasteiger partial charge in [0, 0.05) is 12.7 Å². The third kappa shape index (κ3) is 3.89. The summed E-state index contributed by atoms with van der Waals surface area (Å²) in [6.45, 7) is 2.50. The summed E-state index contributed by atoms with van der Waals surface area (Å²) in [5, 5.41) is 13.3. The number of amides is 1. The van der Waals surface area contributed by atoms with Crippen molar-refractivity contribution in [2.45, 2.75) is 26.3 Å². The number of hydrogen-bond donors (Lipinski definition) is 2. The summed E-state index contributed by atoms with van der Waals surface area (Å²) in [7, 11) is 0. The van der Waals surface area contributed by atoms with Crippen LogP contribution in [-0.2, 0) is 6.54 Å². The van der Waals surface area contributed by atoms with Crippen molar-refractivity contribution < 1.29 is 14.7 Å². The second-order valence-electron chi connectivity index (χ2n) is 5.94. The Balaban J connectivity index is 1.98. The van der Waals surface area contributed by atoms with E-state index in [0.29, 0.717) is 0 Å². The maximum atomic E-state index is 12.8. The largest absolute Gasteiger partial charge is 0.506 e. The van der Waals surface area contributed by atoms with Crippen LogP contribution in [0.25, 0.3) is 11.0 Å². The van der Waals surface area contributed by atoms with Crippen molar-refractivity contribution in [3.63, 3.8) is 0 Å². The number of nitrogens with zero attached hydrogens (tertiary/aromatic N) is 3. The van der Waals surface area contributed by atoms with Crippen molar-refractivity contribution in [2.75, 3.05) is 6.61 Å². The van der Waals surface area contributed by atoms with E-state index in [2.05, 4.69) is 15.3 Å². The molecule has 0 saturated heterocycles. The molecule has 140 valence electrons. The fourth-order valence-electron chi connectivity index (χ4n) is 2.58. The standard InChI is InChI=1S/C19H20N4O4/c1-2-3-9-27-23-17-14(11-20-12-22-17)16(24)15(19(23)26)18(25)21-10-13-7-5-4-6-8-13/h4-8,11-12,24H,2-3,9-10H2,1H3,(H,21,25). The maximum Gasteiger partial charge on any atom is 0.301 e. The van der Waals surface area contributed by atoms with Crippen LogP contribution in [0.4, 0.5) is 0 Å². The number of nitrogens with one attached hydrogen (secondary N) is 1. The Morgan fingerprint density at radius 2 is 2.07 bits per heavy atom. The molecule has 0 aliphatic heterocycles. The van der Waals surface area contributed by atoms with Gasteiger partial charge in [-0.1, -0.05) is 43.7 Å². The van der Waals surface area contributed by atoms with E-state index in [9.17, 15) is 14.7 Å². The Morgan fingerprint density at radius 1 is 1.30 bits per heavy atom. The molecular weight excluding hydrogens is 348 g/mol. The Bertz CT molecular complexity index is 1000. The number of hydrogen-bond acceptors (Lipinski definition) is 6. The zero-order chi connectivity index (χ0) is 19.2. The lowest BCUT2D eigenvalue weighted by atomic mass is 10.1. The third-order valence-electron chi connectivity index (χ3n) is 4.02. The molecule has 0 radical (unpaired) electrons. The van der Waals surface area contributed by atoms with Gasteiger partial charge in [-0.05, 0) is 12.0 Å². The molecule has 8 nitrogen and oxygen atoms in total. The highest BCUT2D eigenvalue weighted by Crippen LogP contribution is 2.23. The van der Waals surface area contributed by atoms with E-state index in [1.807, 2.05) is 37.3 Å². The van der Waals surface area contributed by atoms with Gasteiger partial charge in [-0.2, -0.15) is 0 Å². The second-order valence-corrected chi connectivity index (χ2v) is 5.94. The van der Waals surface area contributed by atoms with Gasteiger partial charge in [-0.3, -0.25) is 9.59 Å². The lowest BCUT2D eigenvalue weighted by Crippen LogP contribution is -2.36. The number of carbonyl (C=O) groups excluding carboxylic acids is 1. The van der Waals surface area contributed by atoms with E-state index in [4.69, 9.17) is 4.84 Å². The highest BCUT2D eigenvalue weighted by atomic mass is 16.7. The fourth-order valence-corrected chi connectivity index (χ4v) is 2.58. The molecule has 1 aromatic carbocycles. The molecule has 3 rings (SSSR count). The summed E-state index contributed by atoms with van der Waals surface area (Å²) in [5.74, 6) is -1.16. The Morgan fingerprint density at radius 3 is 2.81 bits per heavy atom. The topological polar surface area (TPSA) is 106 Å². The van der Waals surface area contributed by atoms with E-state index < -0.39 is 22.8 Å². The number of benzene rings is 1. The van der Waals surface area contributed by atoms with E-state index in [0.717, 1.165) is 23.1 Å². The zero-order valence-corrected chi connectivity index (χ0v) is 14.9. The summed E-state index contributed by atoms with van der Waals surface area (Å²) in [5.41, 5.74) is -0.178. The van der Waals surface area contributed by atoms with E-state index >= 15 is 0 Å². The second kappa shape index (κ2) is 8.31. The van der Waals surface area contributed by atoms with Gasteiger partial charge in [0.15, 0.2) is 11.2 Å². The highest BCUT2D eigenvalue weighted by Gasteiger charge is 2.23. The first-order valence-corrected chi connectivity index (χ1v) is 8.66. The highest BCUT2D eigenvalue weighted by molar-refractivity contribution is 6.01. The normalized spacial score (nSPS) is 10.7. The van der Waals surface area contributed by atoms with Crippen molar-refractivity contribution in [1.82, 2.24) is 20.0 Å². The Kier molecular flexibility index (Phi) is 5.65. The van der Waals surface area contributed by atoms with Crippen LogP contribution in [0.1, 0.15) is 35.7 Å². The number of rotatable bonds is 7. The number of carbonyl (C=O) groups is 1. The van der Waals surface area contributed by atoms with Crippen molar-refractivity contribution in [3.8, 4) is 5.75 Å². The summed E-state index contributed by atoms with van der Waals surface area (Å²) in [4.78, 5) is 38.8. The maximum absolute atomic E-state index is 12.8. The monoisotopic (exact) mass is 368 g/mol. The molecule has 0 unspecified atom stereocenters. The van der Waals surface area contributed by atoms with E-state index in [-0.39, 0.29) is 24.2 Å². The van der Waals surface area contributed by atoms with E-state index in [1.165, 1.54) is 12.5 Å². The van der Waals surface area contributed by atoms with Crippen LogP contribution in [0.5, 0.6) is 5.75 Å². The van der Waals surface area contributed by atoms with Crippen LogP contribution >= 0.6 is 0 Å². The van der Waals surface area contributed by atoms with Gasteiger partial charge in [0.05, 0.1) is 5.39 Å². The van der Waals surface area contributed by atoms with Crippen molar-refractivity contribution in [2.24, 2.45) is 0 Å². The van der Waals surface area contributed by atoms with Crippen LogP contribution in [0, 0.1) is 0 Å². The van der Waals surface area contributed by atoms with E-state index in [1.54, 1.807) is 0 Å². The first-order chi connectivity index (χ1) is 13.1. The van der Waals surface area contributed by atoms with Gasteiger partial charge in [-0.15, -0.1) is 4.73 Å². The van der Waals surface area contributed by atoms with Gasteiger partial charge in [0.1, 0.15) is 18.7 Å². The molecule has 0 aliphatic carbocycles. The molecule has 8 heteroatoms. The Labute approximate surface area is 155 Å². The van der Waals surface area contributed by atoms with Gasteiger partial charge in [0.2, 0.25) is 0 Å². The third-order valence-corrected chi connectivity index (χ3v) is 4.02. The van der Waals surface area contributed by atoms with Crippen LogP contribution in [0.2, 0.25) is 0 Å². The molecule has 0 spiro atoms. The van der Waals surface area contributed by atoms with Crippen molar-refractivity contribution in [1.29, 1.82) is 0 Å². The predicted octanol–water partition coefficient (Wildman–Crippen LogP) is 1.66. The van der Waals surface area contributed by atoms with Crippen LogP contribution < -0.4 is 15.7 Å². The first kappa shape index (κ1) is 18.4. The molecule has 0 bridgehead atoms. The zero-order valence-electron chi connectivity index (χ0n) is 14.9. The molecule has 0 fully saturated rings. The SMILES string of the molecule is CCCCOn1c(=O)c(C(=O)NCc2ccccc2)c(O)c2cncnc21. The minimum atomic E-state index is -0.764. The lowest BCUT2D eigenvalue weighted by Gasteiger charge is -2.14. The Hall–Kier alpha value is -3.42. The molecule has 27 heavy (non-hydrogen) atoms. The fraction of sp³-hybridized carbons (Fsp3) is 0.263. The number of unbranched alkanes of at least 4 members (excludes halogenated alkanes) is 1. The molecule has 1 amide bonds. The van der Waals surface area contributed by atoms with Crippen LogP contribution in [-0.4, -0.2) is 32.3 Å². The number of aromatic hydroxyl groups is 1. The van der Waals surface area contributed by atoms with Gasteiger partial charge < -0.3 is 15.3 Å². The lowest BCUT2D eigenvalue weighted by molar-refractivity contribution is 0.0917. The summed E-state index contributed by atoms with van der Waals surface area (Å²) in [6, 6.07) is 9.26. The molecular formula is C19H20N4O4. The first-order valence-electron chi connectivity index (χ1n) is 8.66. The summed E-state index contributed by atoms with van der Waals surface area (Å²) < 4.78 is 0.948. The van der Waals surface area contributed by atoms with Crippen molar-refractivity contribution in [3.05, 3.63) is 64.3 Å². The van der Waals surface area contributed by atoms with Crippen LogP contribution in [0.15, 0.2) is 47.7 Å². The van der Waals surface area contributed by atoms with Crippen LogP contribution in [0.3, 0.4) is 0 Å².